The molecule has 2 heterocycles. The van der Waals surface area contributed by atoms with E-state index >= 15 is 0 Å². The summed E-state index contributed by atoms with van der Waals surface area (Å²) in [6, 6.07) is 19.7. The highest BCUT2D eigenvalue weighted by molar-refractivity contribution is 5.79. The summed E-state index contributed by atoms with van der Waals surface area (Å²) in [4.78, 5) is 28.4. The molecule has 4 rings (SSSR count). The molecule has 170 valence electrons. The smallest absolute Gasteiger partial charge is 0.179 e. The van der Waals surface area contributed by atoms with Crippen molar-refractivity contribution in [1.82, 2.24) is 9.80 Å². The average Bonchev–Trinajstić information content (AvgIpc) is 2.82. The highest BCUT2D eigenvalue weighted by Gasteiger charge is 2.42. The van der Waals surface area contributed by atoms with Gasteiger partial charge in [-0.2, -0.15) is 0 Å². The van der Waals surface area contributed by atoms with Crippen molar-refractivity contribution in [2.24, 2.45) is 0 Å². The van der Waals surface area contributed by atoms with E-state index in [4.69, 9.17) is 9.47 Å². The Kier molecular flexibility index (Phi) is 7.55. The van der Waals surface area contributed by atoms with E-state index < -0.39 is 5.72 Å². The lowest BCUT2D eigenvalue weighted by Crippen LogP contribution is -2.62. The maximum Gasteiger partial charge on any atom is 0.179 e. The van der Waals surface area contributed by atoms with E-state index in [0.717, 1.165) is 24.6 Å². The fourth-order valence-electron chi connectivity index (χ4n) is 4.51. The zero-order valence-corrected chi connectivity index (χ0v) is 18.6. The molecule has 0 amide bonds. The van der Waals surface area contributed by atoms with Crippen LogP contribution in [0.2, 0.25) is 0 Å². The van der Waals surface area contributed by atoms with Crippen molar-refractivity contribution >= 4 is 11.6 Å². The normalized spacial score (nSPS) is 20.0. The number of para-hydroxylation sites is 2. The molecular weight excluding hydrogens is 404 g/mol. The van der Waals surface area contributed by atoms with Gasteiger partial charge in [-0.25, -0.2) is 0 Å². The number of likely N-dealkylation sites (tertiary alicyclic amines) is 2. The summed E-state index contributed by atoms with van der Waals surface area (Å²) in [6.07, 6.45) is 2.89. The quantitative estimate of drug-likeness (QED) is 0.599. The Balaban J connectivity index is 1.58. The van der Waals surface area contributed by atoms with Crippen LogP contribution >= 0.6 is 0 Å². The van der Waals surface area contributed by atoms with Crippen molar-refractivity contribution in [3.05, 3.63) is 60.7 Å². The number of carbonyl (C=O) groups is 2. The molecule has 6 heteroatoms. The number of rotatable bonds is 9. The number of hydrogen-bond donors (Lipinski definition) is 0. The van der Waals surface area contributed by atoms with Gasteiger partial charge in [0.2, 0.25) is 0 Å². The number of piperidine rings is 2. The van der Waals surface area contributed by atoms with E-state index in [1.807, 2.05) is 60.7 Å². The summed E-state index contributed by atoms with van der Waals surface area (Å²) in [6.45, 7) is 3.99. The molecule has 0 bridgehead atoms. The molecule has 2 fully saturated rings. The number of hydrogen-bond acceptors (Lipinski definition) is 6. The Bertz CT molecular complexity index is 869. The Morgan fingerprint density at radius 1 is 0.719 bits per heavy atom. The van der Waals surface area contributed by atoms with E-state index in [-0.39, 0.29) is 0 Å². The fraction of sp³-hybridized carbons (Fsp3) is 0.462. The first-order chi connectivity index (χ1) is 15.6. The van der Waals surface area contributed by atoms with E-state index in [9.17, 15) is 9.59 Å². The van der Waals surface area contributed by atoms with Crippen molar-refractivity contribution < 1.29 is 19.1 Å². The predicted octanol–water partition coefficient (Wildman–Crippen LogP) is 3.56. The average molecular weight is 437 g/mol. The van der Waals surface area contributed by atoms with E-state index in [1.165, 1.54) is 0 Å². The minimum absolute atomic E-state index is 0.305. The highest BCUT2D eigenvalue weighted by atomic mass is 16.5. The van der Waals surface area contributed by atoms with Crippen molar-refractivity contribution in [3.8, 4) is 11.5 Å². The lowest BCUT2D eigenvalue weighted by molar-refractivity contribution is -0.141. The maximum atomic E-state index is 12.0. The summed E-state index contributed by atoms with van der Waals surface area (Å²) < 4.78 is 12.8. The first-order valence-corrected chi connectivity index (χ1v) is 11.6. The van der Waals surface area contributed by atoms with Gasteiger partial charge in [0.15, 0.2) is 5.72 Å². The monoisotopic (exact) mass is 436 g/mol. The van der Waals surface area contributed by atoms with Gasteiger partial charge in [0, 0.05) is 58.3 Å². The van der Waals surface area contributed by atoms with Crippen molar-refractivity contribution in [3.63, 3.8) is 0 Å². The van der Waals surface area contributed by atoms with E-state index in [0.29, 0.717) is 69.9 Å². The standard InChI is InChI=1S/C26H32N2O4/c29-22-11-16-27(17-12-22)21-26(28-18-13-23(30)14-19-28,32-25-9-5-2-6-10-25)15-20-31-24-7-3-1-4-8-24/h1-10H,11-21H2. The molecule has 2 aromatic carbocycles. The second-order valence-corrected chi connectivity index (χ2v) is 8.61. The van der Waals surface area contributed by atoms with Crippen LogP contribution in [-0.4, -0.2) is 66.4 Å². The van der Waals surface area contributed by atoms with Gasteiger partial charge in [-0.05, 0) is 24.3 Å². The number of Topliss-reactive ketones (excluding diaryl/α,β-unsaturated/α-hetero) is 2. The van der Waals surface area contributed by atoms with Crippen LogP contribution in [0.1, 0.15) is 32.1 Å². The van der Waals surface area contributed by atoms with Gasteiger partial charge in [0.1, 0.15) is 23.1 Å². The number of nitrogens with zero attached hydrogens (tertiary/aromatic N) is 2. The predicted molar refractivity (Wildman–Crippen MR) is 123 cm³/mol. The number of carbonyl (C=O) groups excluding carboxylic acids is 2. The molecule has 6 nitrogen and oxygen atoms in total. The lowest BCUT2D eigenvalue weighted by atomic mass is 9.99. The van der Waals surface area contributed by atoms with Gasteiger partial charge in [0.25, 0.3) is 0 Å². The molecule has 0 radical (unpaired) electrons. The molecule has 1 atom stereocenters. The fourth-order valence-corrected chi connectivity index (χ4v) is 4.51. The number of ether oxygens (including phenoxy) is 2. The zero-order valence-electron chi connectivity index (χ0n) is 18.6. The van der Waals surface area contributed by atoms with Crippen LogP contribution in [0.5, 0.6) is 11.5 Å². The van der Waals surface area contributed by atoms with E-state index in [1.54, 1.807) is 0 Å². The van der Waals surface area contributed by atoms with E-state index in [2.05, 4.69) is 9.80 Å². The van der Waals surface area contributed by atoms with Crippen LogP contribution in [0, 0.1) is 0 Å². The molecule has 2 aliphatic rings. The van der Waals surface area contributed by atoms with Gasteiger partial charge in [0.05, 0.1) is 13.2 Å². The van der Waals surface area contributed by atoms with Crippen LogP contribution in [-0.2, 0) is 9.59 Å². The minimum Gasteiger partial charge on any atom is -0.493 e. The van der Waals surface area contributed by atoms with Crippen LogP contribution in [0.15, 0.2) is 60.7 Å². The summed E-state index contributed by atoms with van der Waals surface area (Å²) in [7, 11) is 0. The van der Waals surface area contributed by atoms with Crippen LogP contribution in [0.4, 0.5) is 0 Å². The molecule has 0 N–H and O–H groups in total. The third-order valence-corrected chi connectivity index (χ3v) is 6.34. The molecular formula is C26H32N2O4. The van der Waals surface area contributed by atoms with Crippen LogP contribution in [0.3, 0.4) is 0 Å². The second-order valence-electron chi connectivity index (χ2n) is 8.61. The van der Waals surface area contributed by atoms with Crippen molar-refractivity contribution in [1.29, 1.82) is 0 Å². The maximum absolute atomic E-state index is 12.0. The SMILES string of the molecule is O=C1CCN(CC(CCOc2ccccc2)(Oc2ccccc2)N2CCC(=O)CC2)CC1. The summed E-state index contributed by atoms with van der Waals surface area (Å²) in [5.74, 6) is 2.27. The molecule has 1 unspecified atom stereocenters. The van der Waals surface area contributed by atoms with Gasteiger partial charge < -0.3 is 9.47 Å². The van der Waals surface area contributed by atoms with Crippen molar-refractivity contribution in [2.45, 2.75) is 37.8 Å². The molecule has 2 aliphatic heterocycles. The molecule has 0 spiro atoms. The Labute approximate surface area is 190 Å². The third kappa shape index (κ3) is 5.96. The Hall–Kier alpha value is -2.70. The molecule has 0 aliphatic carbocycles. The number of benzene rings is 2. The highest BCUT2D eigenvalue weighted by Crippen LogP contribution is 2.30. The summed E-state index contributed by atoms with van der Waals surface area (Å²) in [5, 5.41) is 0. The zero-order chi connectivity index (χ0) is 22.2. The molecule has 0 saturated carbocycles. The summed E-state index contributed by atoms with van der Waals surface area (Å²) in [5.41, 5.74) is -0.642. The van der Waals surface area contributed by atoms with Gasteiger partial charge in [-0.3, -0.25) is 19.4 Å². The summed E-state index contributed by atoms with van der Waals surface area (Å²) >= 11 is 0. The van der Waals surface area contributed by atoms with Crippen LogP contribution in [0.25, 0.3) is 0 Å². The molecule has 0 aromatic heterocycles. The van der Waals surface area contributed by atoms with Crippen LogP contribution < -0.4 is 9.47 Å². The largest absolute Gasteiger partial charge is 0.493 e. The van der Waals surface area contributed by atoms with Gasteiger partial charge >= 0.3 is 0 Å². The molecule has 32 heavy (non-hydrogen) atoms. The Morgan fingerprint density at radius 3 is 1.84 bits per heavy atom. The first-order valence-electron chi connectivity index (χ1n) is 11.6. The third-order valence-electron chi connectivity index (χ3n) is 6.34. The molecule has 2 aromatic rings. The van der Waals surface area contributed by atoms with Gasteiger partial charge in [-0.1, -0.05) is 36.4 Å². The minimum atomic E-state index is -0.642. The Morgan fingerprint density at radius 2 is 1.25 bits per heavy atom. The molecule has 2 saturated heterocycles. The second kappa shape index (κ2) is 10.7. The lowest BCUT2D eigenvalue weighted by Gasteiger charge is -2.47. The first kappa shape index (κ1) is 22.5. The van der Waals surface area contributed by atoms with Crippen molar-refractivity contribution in [2.75, 3.05) is 39.3 Å². The number of ketones is 2. The topological polar surface area (TPSA) is 59.1 Å². The van der Waals surface area contributed by atoms with Gasteiger partial charge in [-0.15, -0.1) is 0 Å².